The average molecular weight is 2320 g/mol. The Morgan fingerprint density at radius 1 is 0.190 bits per heavy atom. The van der Waals surface area contributed by atoms with Gasteiger partial charge in [-0.15, -0.1) is 71.8 Å². The molecule has 0 unspecified atom stereocenters. The predicted octanol–water partition coefficient (Wildman–Crippen LogP) is 36.4. The fraction of sp³-hybridized carbons (Fsp3) is 0.0154. The van der Waals surface area contributed by atoms with Crippen molar-refractivity contribution in [2.45, 2.75) is 14.9 Å². The van der Waals surface area contributed by atoms with Gasteiger partial charge < -0.3 is 0 Å². The van der Waals surface area contributed by atoms with Gasteiger partial charge in [-0.3, -0.25) is 9.97 Å². The molecule has 0 saturated heterocycles. The molecule has 0 amide bonds. The van der Waals surface area contributed by atoms with Gasteiger partial charge >= 0.3 is 134 Å². The monoisotopic (exact) mass is 2310 g/mol. The molecule has 4 nitrogen and oxygen atoms in total. The van der Waals surface area contributed by atoms with Crippen molar-refractivity contribution in [2.75, 3.05) is 0 Å². The van der Waals surface area contributed by atoms with Crippen molar-refractivity contribution >= 4 is 209 Å². The van der Waals surface area contributed by atoms with Crippen LogP contribution in [0.1, 0.15) is 59.9 Å². The molecule has 24 aromatic rings. The van der Waals surface area contributed by atoms with Crippen molar-refractivity contribution in [3.63, 3.8) is 0 Å². The van der Waals surface area contributed by atoms with Gasteiger partial charge in [0.1, 0.15) is 0 Å². The zero-order valence-electron chi connectivity index (χ0n) is 76.3. The molecule has 680 valence electrons. The van der Waals surface area contributed by atoms with Crippen LogP contribution < -0.4 is 0 Å². The van der Waals surface area contributed by atoms with Crippen LogP contribution in [-0.4, -0.2) is 83.1 Å². The van der Waals surface area contributed by atoms with Gasteiger partial charge in [-0.1, -0.05) is 427 Å². The molecule has 24 rings (SSSR count). The molecule has 0 spiro atoms. The summed E-state index contributed by atoms with van der Waals surface area (Å²) in [5.41, 5.74) is 28.7. The van der Waals surface area contributed by atoms with E-state index < -0.39 is 11.9 Å². The first-order valence-corrected chi connectivity index (χ1v) is 73.7. The van der Waals surface area contributed by atoms with Crippen molar-refractivity contribution in [3.05, 3.63) is 555 Å². The quantitative estimate of drug-likeness (QED) is 0.0715. The molecule has 20 aromatic carbocycles. The van der Waals surface area contributed by atoms with Crippen LogP contribution in [0.4, 0.5) is 0 Å². The van der Waals surface area contributed by atoms with Crippen LogP contribution in [0.15, 0.2) is 497 Å². The minimum absolute atomic E-state index is 0. The van der Waals surface area contributed by atoms with Crippen molar-refractivity contribution in [3.8, 4) is 89.5 Å². The van der Waals surface area contributed by atoms with Crippen molar-refractivity contribution < 1.29 is 33.0 Å². The molecule has 0 radical (unpaired) electrons. The van der Waals surface area contributed by atoms with Crippen molar-refractivity contribution in [1.29, 1.82) is 0 Å². The fourth-order valence-electron chi connectivity index (χ4n) is 19.7. The predicted molar refractivity (Wildman–Crippen MR) is 602 cm³/mol. The maximum atomic E-state index is 5.55. The molecule has 0 atom stereocenters. The van der Waals surface area contributed by atoms with Gasteiger partial charge in [-0.25, -0.2) is 9.97 Å². The molecule has 0 N–H and O–H groups in total. The molecule has 4 aromatic heterocycles. The molecule has 0 aliphatic rings. The van der Waals surface area contributed by atoms with Gasteiger partial charge in [0.15, 0.2) is 0 Å². The van der Waals surface area contributed by atoms with E-state index in [1.165, 1.54) is 172 Å². The Bertz CT molecular complexity index is 7770. The van der Waals surface area contributed by atoms with Gasteiger partial charge in [0.2, 0.25) is 0 Å². The van der Waals surface area contributed by atoms with Crippen LogP contribution in [0.25, 0.3) is 198 Å². The molecular weight excluding hydrogens is 2230 g/mol. The normalized spacial score (nSPS) is 11.1. The fourth-order valence-corrected chi connectivity index (χ4v) is 19.7. The number of halogens is 4. The van der Waals surface area contributed by atoms with Gasteiger partial charge in [-0.05, 0) is 201 Å². The minimum Gasteiger partial charge on any atom is -0.296 e. The summed E-state index contributed by atoms with van der Waals surface area (Å²) in [5, 5.41) is 19.0. The van der Waals surface area contributed by atoms with Crippen LogP contribution in [0.3, 0.4) is 0 Å². The summed E-state index contributed by atoms with van der Waals surface area (Å²) in [6.45, 7) is 0. The molecule has 0 bridgehead atoms. The van der Waals surface area contributed by atoms with Crippen LogP contribution >= 0.6 is 37.7 Å². The Morgan fingerprint density at radius 3 is 0.655 bits per heavy atom. The van der Waals surface area contributed by atoms with Crippen LogP contribution in [0.2, 0.25) is 0 Å². The Balaban J connectivity index is 0.000000173. The van der Waals surface area contributed by atoms with Crippen LogP contribution in [0, 0.1) is 12.1 Å². The maximum Gasteiger partial charge on any atom is 2.00 e. The zero-order chi connectivity index (χ0) is 94.1. The molecule has 4 heterocycles. The maximum absolute atomic E-state index is 5.55. The average Bonchev–Trinajstić information content (AvgIpc) is 0.733. The summed E-state index contributed by atoms with van der Waals surface area (Å²) < 4.78 is 0. The zero-order valence-corrected chi connectivity index (χ0v) is 90.1. The third-order valence-corrected chi connectivity index (χ3v) is 25.7. The molecule has 142 heavy (non-hydrogen) atoms. The molecule has 0 fully saturated rings. The molecule has 0 aliphatic heterocycles. The third kappa shape index (κ3) is 21.3. The number of fused-ring (bicyclic) bond motifs is 8. The van der Waals surface area contributed by atoms with E-state index in [0.29, 0.717) is 0 Å². The molecule has 0 aliphatic carbocycles. The van der Waals surface area contributed by atoms with E-state index in [9.17, 15) is 0 Å². The van der Waals surface area contributed by atoms with Crippen LogP contribution in [-0.2, 0) is 33.0 Å². The van der Waals surface area contributed by atoms with E-state index in [1.54, 1.807) is 0 Å². The first-order valence-electron chi connectivity index (χ1n) is 46.5. The van der Waals surface area contributed by atoms with Crippen molar-refractivity contribution in [1.82, 2.24) is 19.9 Å². The topological polar surface area (TPSA) is 51.6 Å². The number of aromatic nitrogens is 4. The number of benzene rings is 20. The van der Waals surface area contributed by atoms with Gasteiger partial charge in [0.05, 0.1) is 34.2 Å². The van der Waals surface area contributed by atoms with Crippen molar-refractivity contribution in [2.24, 2.45) is 0 Å². The van der Waals surface area contributed by atoms with E-state index in [1.807, 2.05) is 36.4 Å². The summed E-state index contributed by atoms with van der Waals surface area (Å²) in [7, 11) is 20.0. The summed E-state index contributed by atoms with van der Waals surface area (Å²) in [6, 6.07) is 184. The van der Waals surface area contributed by atoms with E-state index in [2.05, 4.69) is 473 Å². The largest absolute Gasteiger partial charge is 2.00 e. The van der Waals surface area contributed by atoms with E-state index in [4.69, 9.17) is 57.6 Å². The first kappa shape index (κ1) is 100. The number of hydrogen-bond donors (Lipinski definition) is 0. The molecule has 0 saturated carbocycles. The van der Waals surface area contributed by atoms with E-state index in [0.717, 1.165) is 134 Å². The second-order valence-electron chi connectivity index (χ2n) is 33.6. The smallest absolute Gasteiger partial charge is 0.296 e. The summed E-state index contributed by atoms with van der Waals surface area (Å²) >= 11 is -0.556. The number of nitrogens with zero attached hydrogens (tertiary/aromatic N) is 4. The second kappa shape index (κ2) is 46.4. The second-order valence-corrected chi connectivity index (χ2v) is 53.3. The SMILES string of the molecule is C.C.[Cl][Pt]([Cl])([Cl])[Cl].[K][K].[Pt+2].[c-]1ccccc1-c1cccc(C(=C(c2ccc(-c3cccc4ccccc34)c3ccccc23)c2ccc(-c3cccc4ccccc34)c3ccccc23)c2cccc(-c3[c-]cccc3)n2)n1.c1ccc(-c2cccc(C(=C(c3ccc(-c4cccc5ccccc45)c4ccccc34)c3ccc(-c4cccc5ccccc45)c4ccccc34)c3cccc(-c4ccccc4)n3)n2)cc1. The Kier molecular flexibility index (Phi) is 32.8. The Labute approximate surface area is 908 Å². The summed E-state index contributed by atoms with van der Waals surface area (Å²) in [4.78, 5) is 22.1. The molecule has 12 heteroatoms. The van der Waals surface area contributed by atoms with E-state index in [-0.39, 0.29) is 35.9 Å². The third-order valence-electron chi connectivity index (χ3n) is 25.7. The van der Waals surface area contributed by atoms with Gasteiger partial charge in [-0.2, -0.15) is 0 Å². The van der Waals surface area contributed by atoms with Gasteiger partial charge in [0, 0.05) is 33.4 Å². The summed E-state index contributed by atoms with van der Waals surface area (Å²) in [6.07, 6.45) is 0. The Morgan fingerprint density at radius 2 is 0.394 bits per heavy atom. The standard InChI is InChI=1S/C64H42N2.C64H40N2.2CH4.4ClH.2K.2Pt/c2*1-3-21-45(22-4-1)59-35-17-37-61(65-59)64(62-38-18-36-60(66-62)46-23-5-2-6-24-46)63(57-41-39-55(51-29-11-13-31-53(51)57)49-33-15-25-43-19-7-9-27-47(43)49)58-42-40-56(52-30-12-14-32-54(52)58)50-34-16-26-44-20-8-10-28-48(44)50;;;;;;;;;;/h1-42H;1-21,23,25-42H;2*1H4;4*1H;;;;/q;-2;;;;;;;;;+2;+4/p-4. The Hall–Kier alpha value is -11.6. The minimum atomic E-state index is -3.06. The van der Waals surface area contributed by atoms with Gasteiger partial charge in [0.25, 0.3) is 0 Å². The molecular formula is C130H90Cl4K2N4Pt2. The number of hydrogen-bond acceptors (Lipinski definition) is 4. The first-order chi connectivity index (χ1) is 68.5. The van der Waals surface area contributed by atoms with E-state index >= 15 is 0 Å². The number of pyridine rings is 4. The summed E-state index contributed by atoms with van der Waals surface area (Å²) in [5.74, 6) is 0. The number of rotatable bonds is 16. The van der Waals surface area contributed by atoms with Crippen LogP contribution in [0.5, 0.6) is 0 Å².